The first-order valence-electron chi connectivity index (χ1n) is 9.24. The third-order valence-electron chi connectivity index (χ3n) is 5.17. The van der Waals surface area contributed by atoms with E-state index in [2.05, 4.69) is 10.5 Å². The summed E-state index contributed by atoms with van der Waals surface area (Å²) in [4.78, 5) is 16.2. The second-order valence-electron chi connectivity index (χ2n) is 7.23. The number of alkyl halides is 3. The molecule has 2 aromatic carbocycles. The molecule has 11 heteroatoms. The summed E-state index contributed by atoms with van der Waals surface area (Å²) in [5, 5.41) is 5.75. The van der Waals surface area contributed by atoms with Crippen molar-refractivity contribution < 1.29 is 31.6 Å². The number of amides is 1. The molecule has 1 aliphatic heterocycles. The Kier molecular flexibility index (Phi) is 5.58. The van der Waals surface area contributed by atoms with Crippen LogP contribution in [0.4, 0.5) is 17.6 Å². The van der Waals surface area contributed by atoms with Crippen molar-refractivity contribution in [3.63, 3.8) is 0 Å². The number of furan rings is 1. The van der Waals surface area contributed by atoms with Crippen LogP contribution in [0, 0.1) is 5.82 Å². The predicted octanol–water partition coefficient (Wildman–Crippen LogP) is 6.10. The number of halogens is 6. The molecule has 1 amide bonds. The molecule has 2 heterocycles. The molecule has 5 nitrogen and oxygen atoms in total. The summed E-state index contributed by atoms with van der Waals surface area (Å²) in [7, 11) is 0. The van der Waals surface area contributed by atoms with E-state index in [0.717, 1.165) is 12.1 Å². The Morgan fingerprint density at radius 2 is 1.91 bits per heavy atom. The predicted molar refractivity (Wildman–Crippen MR) is 110 cm³/mol. The van der Waals surface area contributed by atoms with E-state index in [4.69, 9.17) is 32.5 Å². The third-order valence-corrected chi connectivity index (χ3v) is 5.72. The van der Waals surface area contributed by atoms with Gasteiger partial charge in [-0.15, -0.1) is 0 Å². The van der Waals surface area contributed by atoms with E-state index in [-0.39, 0.29) is 18.2 Å². The highest BCUT2D eigenvalue weighted by molar-refractivity contribution is 6.35. The molecule has 168 valence electrons. The number of fused-ring (bicyclic) bond motifs is 1. The molecule has 0 fully saturated rings. The summed E-state index contributed by atoms with van der Waals surface area (Å²) in [6.07, 6.45) is -4.22. The van der Waals surface area contributed by atoms with Crippen LogP contribution in [0.3, 0.4) is 0 Å². The normalized spacial score (nSPS) is 18.5. The van der Waals surface area contributed by atoms with Gasteiger partial charge in [0.2, 0.25) is 5.91 Å². The highest BCUT2D eigenvalue weighted by Crippen LogP contribution is 2.50. The van der Waals surface area contributed by atoms with Crippen molar-refractivity contribution in [2.24, 2.45) is 5.16 Å². The average Bonchev–Trinajstić information content (AvgIpc) is 3.37. The second kappa shape index (κ2) is 7.97. The molecular weight excluding hydrogens is 475 g/mol. The molecule has 1 atom stereocenters. The van der Waals surface area contributed by atoms with Gasteiger partial charge in [-0.25, -0.2) is 4.39 Å². The minimum atomic E-state index is -4.91. The second-order valence-corrected chi connectivity index (χ2v) is 8.04. The molecule has 0 saturated heterocycles. The van der Waals surface area contributed by atoms with E-state index in [1.165, 1.54) is 13.2 Å². The number of rotatable bonds is 4. The summed E-state index contributed by atoms with van der Waals surface area (Å²) in [5.74, 6) is -1.27. The zero-order valence-corrected chi connectivity index (χ0v) is 17.8. The molecule has 4 rings (SSSR count). The van der Waals surface area contributed by atoms with Gasteiger partial charge < -0.3 is 14.6 Å². The number of nitrogens with one attached hydrogen (secondary N) is 1. The van der Waals surface area contributed by atoms with Gasteiger partial charge in [-0.1, -0.05) is 40.5 Å². The standard InChI is InChI=1S/C21H14Cl2F4N2O3/c1-10(30)28-9-11-2-3-13(14-4-5-31-19(11)14)17-8-20(32-29-17,21(25,26)27)12-6-15(22)18(24)16(23)7-12/h2-7H,8-9H2,1H3,(H,28,30). The molecule has 0 bridgehead atoms. The Bertz CT molecular complexity index is 1230. The van der Waals surface area contributed by atoms with Gasteiger partial charge in [-0.3, -0.25) is 4.79 Å². The first kappa shape index (κ1) is 22.4. The van der Waals surface area contributed by atoms with E-state index in [9.17, 15) is 22.4 Å². The van der Waals surface area contributed by atoms with E-state index in [1.54, 1.807) is 18.2 Å². The van der Waals surface area contributed by atoms with Crippen LogP contribution in [-0.4, -0.2) is 17.8 Å². The molecule has 1 aliphatic rings. The number of carbonyl (C=O) groups excluding carboxylic acids is 1. The lowest BCUT2D eigenvalue weighted by Crippen LogP contribution is -2.42. The Labute approximate surface area is 188 Å². The van der Waals surface area contributed by atoms with Gasteiger partial charge in [0, 0.05) is 42.0 Å². The summed E-state index contributed by atoms with van der Waals surface area (Å²) in [5.41, 5.74) is -1.94. The SMILES string of the molecule is CC(=O)NCc1ccc(C2=NOC(c3cc(Cl)c(F)c(Cl)c3)(C(F)(F)F)C2)c2ccoc12. The first-order chi connectivity index (χ1) is 15.0. The lowest BCUT2D eigenvalue weighted by Gasteiger charge is -2.29. The summed E-state index contributed by atoms with van der Waals surface area (Å²) in [6, 6.07) is 6.45. The molecule has 1 unspecified atom stereocenters. The quantitative estimate of drug-likeness (QED) is 0.356. The number of carbonyl (C=O) groups is 1. The van der Waals surface area contributed by atoms with Gasteiger partial charge in [0.05, 0.1) is 22.0 Å². The fourth-order valence-electron chi connectivity index (χ4n) is 3.57. The summed E-state index contributed by atoms with van der Waals surface area (Å²) >= 11 is 11.5. The highest BCUT2D eigenvalue weighted by Gasteiger charge is 2.62. The van der Waals surface area contributed by atoms with Crippen molar-refractivity contribution in [2.45, 2.75) is 31.7 Å². The summed E-state index contributed by atoms with van der Waals surface area (Å²) < 4.78 is 61.9. The number of oxime groups is 1. The minimum absolute atomic E-state index is 0.0105. The van der Waals surface area contributed by atoms with Crippen LogP contribution in [0.2, 0.25) is 10.0 Å². The maximum absolute atomic E-state index is 14.2. The van der Waals surface area contributed by atoms with Gasteiger partial charge in [0.15, 0.2) is 5.82 Å². The van der Waals surface area contributed by atoms with E-state index < -0.39 is 39.6 Å². The molecule has 1 N–H and O–H groups in total. The Balaban J connectivity index is 1.75. The summed E-state index contributed by atoms with van der Waals surface area (Å²) in [6.45, 7) is 1.55. The van der Waals surface area contributed by atoms with Crippen molar-refractivity contribution >= 4 is 45.8 Å². The Morgan fingerprint density at radius 3 is 2.53 bits per heavy atom. The largest absolute Gasteiger partial charge is 0.464 e. The molecule has 32 heavy (non-hydrogen) atoms. The van der Waals surface area contributed by atoms with Gasteiger partial charge in [0.1, 0.15) is 5.58 Å². The van der Waals surface area contributed by atoms with Crippen molar-refractivity contribution in [2.75, 3.05) is 0 Å². The van der Waals surface area contributed by atoms with Crippen LogP contribution in [0.5, 0.6) is 0 Å². The lowest BCUT2D eigenvalue weighted by atomic mass is 9.86. The van der Waals surface area contributed by atoms with Crippen molar-refractivity contribution in [1.29, 1.82) is 0 Å². The molecule has 0 saturated carbocycles. The van der Waals surface area contributed by atoms with E-state index >= 15 is 0 Å². The van der Waals surface area contributed by atoms with Gasteiger partial charge in [-0.2, -0.15) is 13.2 Å². The highest BCUT2D eigenvalue weighted by atomic mass is 35.5. The topological polar surface area (TPSA) is 63.8 Å². The van der Waals surface area contributed by atoms with Crippen LogP contribution in [-0.2, 0) is 21.8 Å². The molecule has 0 radical (unpaired) electrons. The van der Waals surface area contributed by atoms with Crippen molar-refractivity contribution in [3.8, 4) is 0 Å². The van der Waals surface area contributed by atoms with Gasteiger partial charge >= 0.3 is 6.18 Å². The fraction of sp³-hybridized carbons (Fsp3) is 0.238. The van der Waals surface area contributed by atoms with Gasteiger partial charge in [0.25, 0.3) is 5.60 Å². The Hall–Kier alpha value is -2.78. The van der Waals surface area contributed by atoms with Crippen LogP contribution >= 0.6 is 23.2 Å². The zero-order chi connectivity index (χ0) is 23.3. The van der Waals surface area contributed by atoms with Crippen LogP contribution in [0.15, 0.2) is 46.2 Å². The first-order valence-corrected chi connectivity index (χ1v) is 10.00. The molecule has 1 aromatic heterocycles. The van der Waals surface area contributed by atoms with Crippen molar-refractivity contribution in [3.05, 3.63) is 69.1 Å². The number of nitrogens with zero attached hydrogens (tertiary/aromatic N) is 1. The molecule has 0 aliphatic carbocycles. The maximum atomic E-state index is 14.2. The zero-order valence-electron chi connectivity index (χ0n) is 16.3. The number of benzene rings is 2. The maximum Gasteiger partial charge on any atom is 0.435 e. The molecule has 0 spiro atoms. The van der Waals surface area contributed by atoms with E-state index in [0.29, 0.717) is 22.1 Å². The lowest BCUT2D eigenvalue weighted by molar-refractivity contribution is -0.275. The smallest absolute Gasteiger partial charge is 0.435 e. The molecular formula is C21H14Cl2F4N2O3. The minimum Gasteiger partial charge on any atom is -0.464 e. The van der Waals surface area contributed by atoms with Crippen LogP contribution < -0.4 is 5.32 Å². The molecule has 3 aromatic rings. The number of hydrogen-bond acceptors (Lipinski definition) is 4. The average molecular weight is 489 g/mol. The number of hydrogen-bond donors (Lipinski definition) is 1. The fourth-order valence-corrected chi connectivity index (χ4v) is 4.05. The Morgan fingerprint density at radius 1 is 1.22 bits per heavy atom. The van der Waals surface area contributed by atoms with Gasteiger partial charge in [-0.05, 0) is 18.2 Å². The monoisotopic (exact) mass is 488 g/mol. The van der Waals surface area contributed by atoms with E-state index in [1.807, 2.05) is 0 Å². The van der Waals surface area contributed by atoms with Crippen molar-refractivity contribution in [1.82, 2.24) is 5.32 Å². The third kappa shape index (κ3) is 3.69. The van der Waals surface area contributed by atoms with Crippen LogP contribution in [0.1, 0.15) is 30.0 Å². The van der Waals surface area contributed by atoms with Crippen LogP contribution in [0.25, 0.3) is 11.0 Å².